The molecule has 5 rings (SSSR count). The Morgan fingerprint density at radius 2 is 1.29 bits per heavy atom. The molecule has 0 amide bonds. The topological polar surface area (TPSA) is 44.8 Å². The standard InChI is InChI=1S/C30H24O4/c1-32-22-13-11-20(12-14-22)19-26-28(21-7-4-3-5-8-21)25-9-6-10-27(29(25)30(26)31)34-24-17-15-23(33-2)16-18-24/h3-19,28H,1-2H3/b26-19-/t28-/m0/s1. The van der Waals surface area contributed by atoms with Gasteiger partial charge in [-0.25, -0.2) is 0 Å². The number of methoxy groups -OCH3 is 2. The maximum atomic E-state index is 13.8. The van der Waals surface area contributed by atoms with E-state index >= 15 is 0 Å². The number of ketones is 1. The zero-order chi connectivity index (χ0) is 23.5. The third-order valence-electron chi connectivity index (χ3n) is 6.03. The van der Waals surface area contributed by atoms with Gasteiger partial charge in [-0.05, 0) is 65.2 Å². The summed E-state index contributed by atoms with van der Waals surface area (Å²) in [5.74, 6) is 2.51. The summed E-state index contributed by atoms with van der Waals surface area (Å²) in [6.07, 6.45) is 1.97. The maximum absolute atomic E-state index is 13.8. The molecule has 168 valence electrons. The van der Waals surface area contributed by atoms with Crippen LogP contribution in [0, 0.1) is 0 Å². The lowest BCUT2D eigenvalue weighted by atomic mass is 9.89. The van der Waals surface area contributed by atoms with Crippen molar-refractivity contribution in [2.24, 2.45) is 0 Å². The Morgan fingerprint density at radius 3 is 1.94 bits per heavy atom. The van der Waals surface area contributed by atoms with E-state index in [-0.39, 0.29) is 11.7 Å². The van der Waals surface area contributed by atoms with Gasteiger partial charge in [-0.2, -0.15) is 0 Å². The Morgan fingerprint density at radius 1 is 0.676 bits per heavy atom. The van der Waals surface area contributed by atoms with Crippen molar-refractivity contribution in [2.75, 3.05) is 14.2 Å². The Labute approximate surface area is 199 Å². The van der Waals surface area contributed by atoms with E-state index in [1.807, 2.05) is 91.0 Å². The first-order chi connectivity index (χ1) is 16.7. The number of fused-ring (bicyclic) bond motifs is 1. The number of allylic oxidation sites excluding steroid dienone is 1. The van der Waals surface area contributed by atoms with Crippen LogP contribution in [0.25, 0.3) is 6.08 Å². The summed E-state index contributed by atoms with van der Waals surface area (Å²) in [6.45, 7) is 0. The van der Waals surface area contributed by atoms with Gasteiger partial charge in [-0.3, -0.25) is 4.79 Å². The molecule has 0 fully saturated rings. The molecule has 0 N–H and O–H groups in total. The van der Waals surface area contributed by atoms with Gasteiger partial charge >= 0.3 is 0 Å². The predicted octanol–water partition coefficient (Wildman–Crippen LogP) is 6.91. The molecule has 0 saturated carbocycles. The molecule has 4 nitrogen and oxygen atoms in total. The number of ether oxygens (including phenoxy) is 3. The minimum atomic E-state index is -0.176. The van der Waals surface area contributed by atoms with E-state index in [0.29, 0.717) is 17.1 Å². The molecule has 0 saturated heterocycles. The van der Waals surface area contributed by atoms with Crippen LogP contribution in [0.1, 0.15) is 33.0 Å². The molecule has 4 aromatic carbocycles. The number of benzene rings is 4. The van der Waals surface area contributed by atoms with Gasteiger partial charge in [0.25, 0.3) is 0 Å². The van der Waals surface area contributed by atoms with Gasteiger partial charge in [0.15, 0.2) is 5.78 Å². The summed E-state index contributed by atoms with van der Waals surface area (Å²) >= 11 is 0. The van der Waals surface area contributed by atoms with Gasteiger partial charge in [-0.15, -0.1) is 0 Å². The van der Waals surface area contributed by atoms with Crippen molar-refractivity contribution in [2.45, 2.75) is 5.92 Å². The first kappa shape index (κ1) is 21.5. The number of hydrogen-bond acceptors (Lipinski definition) is 4. The smallest absolute Gasteiger partial charge is 0.194 e. The zero-order valence-corrected chi connectivity index (χ0v) is 19.0. The molecule has 1 atom stereocenters. The van der Waals surface area contributed by atoms with E-state index in [1.165, 1.54) is 0 Å². The van der Waals surface area contributed by atoms with Crippen LogP contribution in [0.4, 0.5) is 0 Å². The van der Waals surface area contributed by atoms with E-state index in [2.05, 4.69) is 12.1 Å². The second-order valence-electron chi connectivity index (χ2n) is 8.04. The number of carbonyl (C=O) groups is 1. The van der Waals surface area contributed by atoms with Crippen molar-refractivity contribution in [3.8, 4) is 23.0 Å². The molecular formula is C30H24O4. The van der Waals surface area contributed by atoms with Crippen molar-refractivity contribution in [3.05, 3.63) is 125 Å². The van der Waals surface area contributed by atoms with Crippen LogP contribution in [0.3, 0.4) is 0 Å². The Balaban J connectivity index is 1.60. The van der Waals surface area contributed by atoms with Gasteiger partial charge in [0, 0.05) is 11.5 Å². The molecule has 1 aliphatic rings. The highest BCUT2D eigenvalue weighted by Crippen LogP contribution is 2.47. The number of Topliss-reactive ketones (excluding diaryl/α,β-unsaturated/α-hetero) is 1. The second-order valence-corrected chi connectivity index (χ2v) is 8.04. The molecule has 0 unspecified atom stereocenters. The highest BCUT2D eigenvalue weighted by Gasteiger charge is 2.38. The summed E-state index contributed by atoms with van der Waals surface area (Å²) in [6, 6.07) is 31.0. The Bertz CT molecular complexity index is 1340. The SMILES string of the molecule is COc1ccc(/C=C2\C(=O)c3c(Oc4ccc(OC)cc4)cccc3[C@@H]2c2ccccc2)cc1. The van der Waals surface area contributed by atoms with Crippen molar-refractivity contribution in [1.29, 1.82) is 0 Å². The molecule has 4 heteroatoms. The van der Waals surface area contributed by atoms with Crippen LogP contribution in [0.5, 0.6) is 23.0 Å². The number of rotatable bonds is 6. The number of carbonyl (C=O) groups excluding carboxylic acids is 1. The van der Waals surface area contributed by atoms with Crippen LogP contribution >= 0.6 is 0 Å². The summed E-state index contributed by atoms with van der Waals surface area (Å²) in [4.78, 5) is 13.8. The lowest BCUT2D eigenvalue weighted by Gasteiger charge is -2.14. The van der Waals surface area contributed by atoms with E-state index in [0.717, 1.165) is 33.8 Å². The minimum Gasteiger partial charge on any atom is -0.497 e. The molecule has 1 aliphatic carbocycles. The zero-order valence-electron chi connectivity index (χ0n) is 19.0. The average Bonchev–Trinajstić information content (AvgIpc) is 3.17. The van der Waals surface area contributed by atoms with E-state index in [9.17, 15) is 4.79 Å². The third-order valence-corrected chi connectivity index (χ3v) is 6.03. The van der Waals surface area contributed by atoms with Crippen LogP contribution in [-0.2, 0) is 0 Å². The third kappa shape index (κ3) is 4.06. The van der Waals surface area contributed by atoms with Gasteiger partial charge in [0.05, 0.1) is 19.8 Å². The Kier molecular flexibility index (Phi) is 5.88. The van der Waals surface area contributed by atoms with E-state index in [1.54, 1.807) is 14.2 Å². The summed E-state index contributed by atoms with van der Waals surface area (Å²) < 4.78 is 16.7. The summed E-state index contributed by atoms with van der Waals surface area (Å²) in [5.41, 5.74) is 4.28. The van der Waals surface area contributed by atoms with Crippen LogP contribution < -0.4 is 14.2 Å². The first-order valence-corrected chi connectivity index (χ1v) is 11.1. The molecule has 0 heterocycles. The molecular weight excluding hydrogens is 424 g/mol. The fraction of sp³-hybridized carbons (Fsp3) is 0.100. The van der Waals surface area contributed by atoms with Crippen molar-refractivity contribution >= 4 is 11.9 Å². The second kappa shape index (κ2) is 9.28. The molecule has 0 radical (unpaired) electrons. The minimum absolute atomic E-state index is 0.0243. The number of hydrogen-bond donors (Lipinski definition) is 0. The molecule has 0 aromatic heterocycles. The molecule has 0 aliphatic heterocycles. The highest BCUT2D eigenvalue weighted by atomic mass is 16.5. The van der Waals surface area contributed by atoms with Crippen LogP contribution in [-0.4, -0.2) is 20.0 Å². The monoisotopic (exact) mass is 448 g/mol. The fourth-order valence-corrected chi connectivity index (χ4v) is 4.36. The molecule has 0 spiro atoms. The maximum Gasteiger partial charge on any atom is 0.194 e. The first-order valence-electron chi connectivity index (χ1n) is 11.1. The van der Waals surface area contributed by atoms with E-state index in [4.69, 9.17) is 14.2 Å². The van der Waals surface area contributed by atoms with Gasteiger partial charge < -0.3 is 14.2 Å². The average molecular weight is 449 g/mol. The van der Waals surface area contributed by atoms with Crippen LogP contribution in [0.15, 0.2) is 103 Å². The van der Waals surface area contributed by atoms with Gasteiger partial charge in [-0.1, -0.05) is 54.6 Å². The van der Waals surface area contributed by atoms with Crippen molar-refractivity contribution in [3.63, 3.8) is 0 Å². The predicted molar refractivity (Wildman–Crippen MR) is 133 cm³/mol. The Hall–Kier alpha value is -4.31. The largest absolute Gasteiger partial charge is 0.497 e. The summed E-state index contributed by atoms with van der Waals surface area (Å²) in [7, 11) is 3.26. The van der Waals surface area contributed by atoms with E-state index < -0.39 is 0 Å². The van der Waals surface area contributed by atoms with Crippen molar-refractivity contribution in [1.82, 2.24) is 0 Å². The molecule has 4 aromatic rings. The normalized spacial score (nSPS) is 15.8. The van der Waals surface area contributed by atoms with Crippen molar-refractivity contribution < 1.29 is 19.0 Å². The van der Waals surface area contributed by atoms with Crippen LogP contribution in [0.2, 0.25) is 0 Å². The lowest BCUT2D eigenvalue weighted by molar-refractivity contribution is 0.103. The summed E-state index contributed by atoms with van der Waals surface area (Å²) in [5, 5.41) is 0. The fourth-order valence-electron chi connectivity index (χ4n) is 4.36. The highest BCUT2D eigenvalue weighted by molar-refractivity contribution is 6.19. The molecule has 0 bridgehead atoms. The van der Waals surface area contributed by atoms with Gasteiger partial charge in [0.1, 0.15) is 23.0 Å². The van der Waals surface area contributed by atoms with Gasteiger partial charge in [0.2, 0.25) is 0 Å². The lowest BCUT2D eigenvalue weighted by Crippen LogP contribution is -2.02. The quantitative estimate of drug-likeness (QED) is 0.301. The molecule has 34 heavy (non-hydrogen) atoms.